The third-order valence-corrected chi connectivity index (χ3v) is 2.73. The maximum atomic E-state index is 8.74. The van der Waals surface area contributed by atoms with Crippen LogP contribution in [0.3, 0.4) is 0 Å². The summed E-state index contributed by atoms with van der Waals surface area (Å²) in [5.74, 6) is 0. The van der Waals surface area contributed by atoms with E-state index < -0.39 is 0 Å². The van der Waals surface area contributed by atoms with Crippen LogP contribution in [-0.4, -0.2) is 48.8 Å². The molecule has 0 unspecified atom stereocenters. The summed E-state index contributed by atoms with van der Waals surface area (Å²) in [6, 6.07) is 0. The minimum Gasteiger partial charge on any atom is -0.394 e. The van der Waals surface area contributed by atoms with Crippen LogP contribution < -0.4 is 0 Å². The van der Waals surface area contributed by atoms with Gasteiger partial charge in [-0.25, -0.2) is 0 Å². The lowest BCUT2D eigenvalue weighted by molar-refractivity contribution is -0.0820. The quantitative estimate of drug-likeness (QED) is 0.538. The van der Waals surface area contributed by atoms with Crippen molar-refractivity contribution in [3.63, 3.8) is 0 Å². The average Bonchev–Trinajstić information content (AvgIpc) is 2.29. The summed E-state index contributed by atoms with van der Waals surface area (Å²) in [6.07, 6.45) is 2.62. The molecule has 0 aromatic heterocycles. The Morgan fingerprint density at radius 1 is 0.933 bits per heavy atom. The highest BCUT2D eigenvalue weighted by Gasteiger charge is 2.26. The fourth-order valence-corrected chi connectivity index (χ4v) is 1.57. The average molecular weight is 220 g/mol. The topological polar surface area (TPSA) is 58.9 Å². The summed E-state index contributed by atoms with van der Waals surface area (Å²) in [5.41, 5.74) is -0.182. The van der Waals surface area contributed by atoms with Crippen LogP contribution >= 0.6 is 0 Å². The van der Waals surface area contributed by atoms with Gasteiger partial charge in [-0.15, -0.1) is 0 Å². The molecule has 0 heterocycles. The number of aliphatic hydroxyl groups excluding tert-OH is 2. The van der Waals surface area contributed by atoms with Gasteiger partial charge in [-0.05, 0) is 19.3 Å². The van der Waals surface area contributed by atoms with Crippen LogP contribution in [0.5, 0.6) is 0 Å². The van der Waals surface area contributed by atoms with Crippen LogP contribution in [0.4, 0.5) is 0 Å². The van der Waals surface area contributed by atoms with Crippen molar-refractivity contribution in [2.24, 2.45) is 0 Å². The lowest BCUT2D eigenvalue weighted by Gasteiger charge is -2.31. The number of hydrogen-bond acceptors (Lipinski definition) is 4. The first-order valence-corrected chi connectivity index (χ1v) is 5.68. The lowest BCUT2D eigenvalue weighted by atomic mass is 9.93. The summed E-state index contributed by atoms with van der Waals surface area (Å²) < 4.78 is 10.9. The first-order valence-electron chi connectivity index (χ1n) is 5.68. The van der Waals surface area contributed by atoms with Crippen LogP contribution in [0.15, 0.2) is 0 Å². The molecule has 92 valence electrons. The van der Waals surface area contributed by atoms with Crippen LogP contribution in [0.2, 0.25) is 0 Å². The Bertz CT molecular complexity index is 135. The van der Waals surface area contributed by atoms with E-state index in [4.69, 9.17) is 19.7 Å². The van der Waals surface area contributed by atoms with E-state index >= 15 is 0 Å². The van der Waals surface area contributed by atoms with E-state index in [0.29, 0.717) is 19.8 Å². The lowest BCUT2D eigenvalue weighted by Crippen LogP contribution is -2.34. The summed E-state index contributed by atoms with van der Waals surface area (Å²) in [4.78, 5) is 0. The first-order chi connectivity index (χ1) is 7.24. The smallest absolute Gasteiger partial charge is 0.0705 e. The molecular formula is C11H24O4. The van der Waals surface area contributed by atoms with E-state index in [-0.39, 0.29) is 18.8 Å². The highest BCUT2D eigenvalue weighted by molar-refractivity contribution is 4.77. The molecule has 0 bridgehead atoms. The zero-order valence-electron chi connectivity index (χ0n) is 9.87. The maximum Gasteiger partial charge on any atom is 0.0705 e. The standard InChI is InChI=1S/C11H24O4/c1-3-11(4-2,15-10-7-13)5-8-14-9-6-12/h12-13H,3-10H2,1-2H3. The van der Waals surface area contributed by atoms with E-state index in [9.17, 15) is 0 Å². The number of aliphatic hydroxyl groups is 2. The Kier molecular flexibility index (Phi) is 9.00. The van der Waals surface area contributed by atoms with Crippen LogP contribution in [0, 0.1) is 0 Å². The monoisotopic (exact) mass is 220 g/mol. The molecule has 0 amide bonds. The SMILES string of the molecule is CCC(CC)(CCOCCO)OCCO. The summed E-state index contributed by atoms with van der Waals surface area (Å²) in [7, 11) is 0. The Morgan fingerprint density at radius 2 is 1.53 bits per heavy atom. The molecule has 0 aromatic carbocycles. The number of ether oxygens (including phenoxy) is 2. The molecule has 0 saturated heterocycles. The van der Waals surface area contributed by atoms with Gasteiger partial charge >= 0.3 is 0 Å². The molecule has 2 N–H and O–H groups in total. The molecule has 0 rings (SSSR count). The van der Waals surface area contributed by atoms with E-state index in [1.54, 1.807) is 0 Å². The van der Waals surface area contributed by atoms with Crippen molar-refractivity contribution in [1.29, 1.82) is 0 Å². The molecule has 0 aromatic rings. The molecule has 0 radical (unpaired) electrons. The Morgan fingerprint density at radius 3 is 2.00 bits per heavy atom. The molecule has 0 fully saturated rings. The fraction of sp³-hybridized carbons (Fsp3) is 1.00. The van der Waals surface area contributed by atoms with Gasteiger partial charge in [-0.3, -0.25) is 0 Å². The Balaban J connectivity index is 3.88. The van der Waals surface area contributed by atoms with Gasteiger partial charge in [-0.2, -0.15) is 0 Å². The molecule has 0 aliphatic rings. The van der Waals surface area contributed by atoms with Crippen LogP contribution in [-0.2, 0) is 9.47 Å². The van der Waals surface area contributed by atoms with Crippen molar-refractivity contribution in [1.82, 2.24) is 0 Å². The molecule has 0 aliphatic carbocycles. The predicted molar refractivity (Wildman–Crippen MR) is 58.9 cm³/mol. The molecular weight excluding hydrogens is 196 g/mol. The number of rotatable bonds is 10. The second-order valence-electron chi connectivity index (χ2n) is 3.55. The van der Waals surface area contributed by atoms with Gasteiger partial charge in [0.1, 0.15) is 0 Å². The van der Waals surface area contributed by atoms with E-state index in [1.807, 2.05) is 0 Å². The minimum atomic E-state index is -0.182. The van der Waals surface area contributed by atoms with Gasteiger partial charge in [0.2, 0.25) is 0 Å². The normalized spacial score (nSPS) is 12.0. The predicted octanol–water partition coefficient (Wildman–Crippen LogP) is 0.953. The van der Waals surface area contributed by atoms with Crippen molar-refractivity contribution in [3.8, 4) is 0 Å². The summed E-state index contributed by atoms with van der Waals surface area (Å²) >= 11 is 0. The zero-order chi connectivity index (χ0) is 11.6. The van der Waals surface area contributed by atoms with E-state index in [1.165, 1.54) is 0 Å². The van der Waals surface area contributed by atoms with Gasteiger partial charge in [-0.1, -0.05) is 13.8 Å². The van der Waals surface area contributed by atoms with Gasteiger partial charge in [0, 0.05) is 6.61 Å². The van der Waals surface area contributed by atoms with Crippen molar-refractivity contribution in [2.75, 3.05) is 33.0 Å². The van der Waals surface area contributed by atoms with Crippen LogP contribution in [0.1, 0.15) is 33.1 Å². The summed E-state index contributed by atoms with van der Waals surface area (Å²) in [5, 5.41) is 17.3. The van der Waals surface area contributed by atoms with E-state index in [0.717, 1.165) is 19.3 Å². The van der Waals surface area contributed by atoms with Crippen molar-refractivity contribution in [2.45, 2.75) is 38.7 Å². The molecule has 0 spiro atoms. The van der Waals surface area contributed by atoms with Crippen molar-refractivity contribution < 1.29 is 19.7 Å². The van der Waals surface area contributed by atoms with Crippen LogP contribution in [0.25, 0.3) is 0 Å². The van der Waals surface area contributed by atoms with Crippen molar-refractivity contribution >= 4 is 0 Å². The molecule has 15 heavy (non-hydrogen) atoms. The molecule has 0 atom stereocenters. The molecule has 0 aliphatic heterocycles. The minimum absolute atomic E-state index is 0.0548. The zero-order valence-corrected chi connectivity index (χ0v) is 9.87. The maximum absolute atomic E-state index is 8.74. The Labute approximate surface area is 92.2 Å². The van der Waals surface area contributed by atoms with Gasteiger partial charge in [0.05, 0.1) is 32.0 Å². The van der Waals surface area contributed by atoms with Gasteiger partial charge < -0.3 is 19.7 Å². The molecule has 4 nitrogen and oxygen atoms in total. The van der Waals surface area contributed by atoms with Gasteiger partial charge in [0.25, 0.3) is 0 Å². The van der Waals surface area contributed by atoms with Gasteiger partial charge in [0.15, 0.2) is 0 Å². The number of hydrogen-bond donors (Lipinski definition) is 2. The fourth-order valence-electron chi connectivity index (χ4n) is 1.57. The van der Waals surface area contributed by atoms with Crippen molar-refractivity contribution in [3.05, 3.63) is 0 Å². The molecule has 4 heteroatoms. The molecule has 0 saturated carbocycles. The van der Waals surface area contributed by atoms with E-state index in [2.05, 4.69) is 13.8 Å². The Hall–Kier alpha value is -0.160. The first kappa shape index (κ1) is 14.8. The third-order valence-electron chi connectivity index (χ3n) is 2.73. The second kappa shape index (κ2) is 9.09. The second-order valence-corrected chi connectivity index (χ2v) is 3.55. The highest BCUT2D eigenvalue weighted by Crippen LogP contribution is 2.24. The highest BCUT2D eigenvalue weighted by atomic mass is 16.5. The largest absolute Gasteiger partial charge is 0.394 e. The summed E-state index contributed by atoms with van der Waals surface area (Å²) in [6.45, 7) is 5.61. The third kappa shape index (κ3) is 6.10.